The first-order valence-electron chi connectivity index (χ1n) is 6.43. The number of hydrogen-bond donors (Lipinski definition) is 1. The van der Waals surface area contributed by atoms with Gasteiger partial charge in [-0.2, -0.15) is 0 Å². The summed E-state index contributed by atoms with van der Waals surface area (Å²) in [6.45, 7) is 0. The minimum atomic E-state index is -0.812. The number of carboxylic acids is 1. The van der Waals surface area contributed by atoms with Crippen molar-refractivity contribution in [3.63, 3.8) is 0 Å². The number of rotatable bonds is 4. The summed E-state index contributed by atoms with van der Waals surface area (Å²) >= 11 is 0. The summed E-state index contributed by atoms with van der Waals surface area (Å²) < 4.78 is 5.91. The summed E-state index contributed by atoms with van der Waals surface area (Å²) in [5, 5.41) is 9.97. The van der Waals surface area contributed by atoms with Crippen LogP contribution in [-0.2, 0) is 4.79 Å². The molecule has 98 valence electrons. The number of carbonyl (C=O) groups is 1. The standard InChI is InChI=1S/C15H15NO3/c17-14(18)9-15(6-3-7-15)19-12-8-11-4-1-2-5-13(11)16-10-12/h1-2,4-5,8,10H,3,6-7,9H2,(H,17,18). The van der Waals surface area contributed by atoms with Crippen LogP contribution in [0.1, 0.15) is 25.7 Å². The molecule has 1 N–H and O–H groups in total. The normalized spacial score (nSPS) is 16.8. The van der Waals surface area contributed by atoms with E-state index in [0.717, 1.165) is 30.2 Å². The number of fused-ring (bicyclic) bond motifs is 1. The lowest BCUT2D eigenvalue weighted by molar-refractivity contribution is -0.144. The van der Waals surface area contributed by atoms with Gasteiger partial charge in [0.05, 0.1) is 18.1 Å². The van der Waals surface area contributed by atoms with E-state index >= 15 is 0 Å². The van der Waals surface area contributed by atoms with Crippen LogP contribution in [0, 0.1) is 0 Å². The van der Waals surface area contributed by atoms with E-state index in [9.17, 15) is 4.79 Å². The molecule has 1 aromatic carbocycles. The molecule has 0 amide bonds. The molecule has 0 unspecified atom stereocenters. The van der Waals surface area contributed by atoms with Crippen molar-refractivity contribution in [2.24, 2.45) is 0 Å². The minimum Gasteiger partial charge on any atom is -0.485 e. The molecule has 0 radical (unpaired) electrons. The molecule has 1 aliphatic carbocycles. The van der Waals surface area contributed by atoms with Crippen molar-refractivity contribution >= 4 is 16.9 Å². The van der Waals surface area contributed by atoms with E-state index < -0.39 is 11.6 Å². The fraction of sp³-hybridized carbons (Fsp3) is 0.333. The highest BCUT2D eigenvalue weighted by Gasteiger charge is 2.41. The zero-order valence-corrected chi connectivity index (χ0v) is 10.5. The average molecular weight is 257 g/mol. The summed E-state index contributed by atoms with van der Waals surface area (Å²) in [6, 6.07) is 9.72. The Labute approximate surface area is 111 Å². The van der Waals surface area contributed by atoms with Crippen molar-refractivity contribution in [2.75, 3.05) is 0 Å². The minimum absolute atomic E-state index is 0.0554. The van der Waals surface area contributed by atoms with Crippen LogP contribution in [0.15, 0.2) is 36.5 Å². The summed E-state index contributed by atoms with van der Waals surface area (Å²) in [5.41, 5.74) is 0.381. The molecule has 2 aromatic rings. The fourth-order valence-electron chi connectivity index (χ4n) is 2.52. The molecular formula is C15H15NO3. The highest BCUT2D eigenvalue weighted by atomic mass is 16.5. The van der Waals surface area contributed by atoms with Gasteiger partial charge >= 0.3 is 5.97 Å². The molecule has 3 rings (SSSR count). The second-order valence-corrected chi connectivity index (χ2v) is 5.07. The summed E-state index contributed by atoms with van der Waals surface area (Å²) in [5.74, 6) is -0.159. The summed E-state index contributed by atoms with van der Waals surface area (Å²) in [7, 11) is 0. The number of nitrogens with zero attached hydrogens (tertiary/aromatic N) is 1. The molecule has 0 spiro atoms. The first-order valence-corrected chi connectivity index (χ1v) is 6.43. The number of para-hydroxylation sites is 1. The Bertz CT molecular complexity index is 620. The van der Waals surface area contributed by atoms with Crippen molar-refractivity contribution < 1.29 is 14.6 Å². The van der Waals surface area contributed by atoms with Crippen molar-refractivity contribution in [1.82, 2.24) is 4.98 Å². The lowest BCUT2D eigenvalue weighted by Gasteiger charge is -2.40. The second kappa shape index (κ2) is 4.53. The van der Waals surface area contributed by atoms with Crippen molar-refractivity contribution in [3.05, 3.63) is 36.5 Å². The number of hydrogen-bond acceptors (Lipinski definition) is 3. The van der Waals surface area contributed by atoms with E-state index in [0.29, 0.717) is 5.75 Å². The molecule has 0 aliphatic heterocycles. The van der Waals surface area contributed by atoms with Crippen LogP contribution in [0.4, 0.5) is 0 Å². The first kappa shape index (κ1) is 12.0. The molecule has 1 fully saturated rings. The molecule has 0 atom stereocenters. The molecule has 19 heavy (non-hydrogen) atoms. The van der Waals surface area contributed by atoms with Gasteiger partial charge in [-0.05, 0) is 31.4 Å². The van der Waals surface area contributed by atoms with Crippen LogP contribution < -0.4 is 4.74 Å². The Kier molecular flexibility index (Phi) is 2.85. The van der Waals surface area contributed by atoms with E-state index in [2.05, 4.69) is 4.98 Å². The maximum atomic E-state index is 10.9. The van der Waals surface area contributed by atoms with Gasteiger partial charge in [0.1, 0.15) is 11.4 Å². The van der Waals surface area contributed by atoms with Gasteiger partial charge in [-0.1, -0.05) is 18.2 Å². The van der Waals surface area contributed by atoms with Crippen LogP contribution in [0.5, 0.6) is 5.75 Å². The number of pyridine rings is 1. The Morgan fingerprint density at radius 3 is 2.84 bits per heavy atom. The Balaban J connectivity index is 1.86. The monoisotopic (exact) mass is 257 g/mol. The summed E-state index contributed by atoms with van der Waals surface area (Å²) in [4.78, 5) is 15.2. The third kappa shape index (κ3) is 2.38. The fourth-order valence-corrected chi connectivity index (χ4v) is 2.52. The third-order valence-electron chi connectivity index (χ3n) is 3.64. The quantitative estimate of drug-likeness (QED) is 0.914. The van der Waals surface area contributed by atoms with Crippen molar-refractivity contribution in [3.8, 4) is 5.75 Å². The molecule has 4 heteroatoms. The Hall–Kier alpha value is -2.10. The molecular weight excluding hydrogens is 242 g/mol. The van der Waals surface area contributed by atoms with E-state index in [1.165, 1.54) is 0 Å². The van der Waals surface area contributed by atoms with Gasteiger partial charge in [0, 0.05) is 5.39 Å². The van der Waals surface area contributed by atoms with Gasteiger partial charge in [0.2, 0.25) is 0 Å². The highest BCUT2D eigenvalue weighted by molar-refractivity contribution is 5.79. The molecule has 0 saturated heterocycles. The SMILES string of the molecule is O=C(O)CC1(Oc2cnc3ccccc3c2)CCC1. The number of aliphatic carboxylic acids is 1. The van der Waals surface area contributed by atoms with Crippen LogP contribution in [-0.4, -0.2) is 21.7 Å². The predicted molar refractivity (Wildman–Crippen MR) is 71.2 cm³/mol. The largest absolute Gasteiger partial charge is 0.485 e. The zero-order chi connectivity index (χ0) is 13.3. The third-order valence-corrected chi connectivity index (χ3v) is 3.64. The van der Waals surface area contributed by atoms with Gasteiger partial charge in [0.15, 0.2) is 0 Å². The number of aromatic nitrogens is 1. The van der Waals surface area contributed by atoms with Crippen LogP contribution in [0.25, 0.3) is 10.9 Å². The molecule has 1 heterocycles. The van der Waals surface area contributed by atoms with Gasteiger partial charge in [-0.3, -0.25) is 9.78 Å². The Morgan fingerprint density at radius 2 is 2.16 bits per heavy atom. The number of benzene rings is 1. The smallest absolute Gasteiger partial charge is 0.307 e. The van der Waals surface area contributed by atoms with Gasteiger partial charge in [-0.25, -0.2) is 0 Å². The van der Waals surface area contributed by atoms with Crippen molar-refractivity contribution in [1.29, 1.82) is 0 Å². The van der Waals surface area contributed by atoms with Crippen molar-refractivity contribution in [2.45, 2.75) is 31.3 Å². The van der Waals surface area contributed by atoms with Gasteiger partial charge in [-0.15, -0.1) is 0 Å². The van der Waals surface area contributed by atoms with Gasteiger partial charge in [0.25, 0.3) is 0 Å². The van der Waals surface area contributed by atoms with Crippen LogP contribution in [0.2, 0.25) is 0 Å². The highest BCUT2D eigenvalue weighted by Crippen LogP contribution is 2.39. The van der Waals surface area contributed by atoms with E-state index in [4.69, 9.17) is 9.84 Å². The van der Waals surface area contributed by atoms with Gasteiger partial charge < -0.3 is 9.84 Å². The predicted octanol–water partition coefficient (Wildman–Crippen LogP) is 3.01. The Morgan fingerprint density at radius 1 is 1.37 bits per heavy atom. The molecule has 4 nitrogen and oxygen atoms in total. The molecule has 0 bridgehead atoms. The molecule has 1 aliphatic rings. The van der Waals surface area contributed by atoms with E-state index in [1.54, 1.807) is 6.20 Å². The maximum absolute atomic E-state index is 10.9. The first-order chi connectivity index (χ1) is 9.17. The number of carboxylic acid groups (broad SMARTS) is 1. The lowest BCUT2D eigenvalue weighted by atomic mass is 9.77. The maximum Gasteiger partial charge on any atom is 0.307 e. The molecule has 1 aromatic heterocycles. The van der Waals surface area contributed by atoms with Crippen LogP contribution in [0.3, 0.4) is 0 Å². The number of ether oxygens (including phenoxy) is 1. The summed E-state index contributed by atoms with van der Waals surface area (Å²) in [6.07, 6.45) is 4.34. The zero-order valence-electron chi connectivity index (χ0n) is 10.5. The molecule has 1 saturated carbocycles. The topological polar surface area (TPSA) is 59.4 Å². The van der Waals surface area contributed by atoms with E-state index in [-0.39, 0.29) is 6.42 Å². The lowest BCUT2D eigenvalue weighted by Crippen LogP contribution is -2.45. The average Bonchev–Trinajstić information content (AvgIpc) is 2.35. The second-order valence-electron chi connectivity index (χ2n) is 5.07. The van der Waals surface area contributed by atoms with Crippen LogP contribution >= 0.6 is 0 Å². The van der Waals surface area contributed by atoms with E-state index in [1.807, 2.05) is 30.3 Å².